The summed E-state index contributed by atoms with van der Waals surface area (Å²) < 4.78 is 26.4. The summed E-state index contributed by atoms with van der Waals surface area (Å²) >= 11 is 0. The summed E-state index contributed by atoms with van der Waals surface area (Å²) in [6.45, 7) is 1.37. The van der Waals surface area contributed by atoms with Crippen LogP contribution in [0.5, 0.6) is 0 Å². The molecule has 5 heteroatoms. The van der Waals surface area contributed by atoms with E-state index in [-0.39, 0.29) is 13.0 Å². The van der Waals surface area contributed by atoms with Gasteiger partial charge in [-0.05, 0) is 38.8 Å². The molecule has 19 heavy (non-hydrogen) atoms. The second-order valence-corrected chi connectivity index (χ2v) is 5.42. The zero-order valence-corrected chi connectivity index (χ0v) is 11.8. The van der Waals surface area contributed by atoms with Crippen LogP contribution >= 0.6 is 0 Å². The molecule has 3 nitrogen and oxygen atoms in total. The van der Waals surface area contributed by atoms with Crippen molar-refractivity contribution in [3.63, 3.8) is 0 Å². The minimum Gasteiger partial charge on any atom is -0.383 e. The number of hydrogen-bond donors (Lipinski definition) is 0. The van der Waals surface area contributed by atoms with Crippen molar-refractivity contribution in [1.29, 1.82) is 5.26 Å². The summed E-state index contributed by atoms with van der Waals surface area (Å²) in [5, 5.41) is 8.94. The number of rotatable bonds is 6. The van der Waals surface area contributed by atoms with Crippen molar-refractivity contribution in [1.82, 2.24) is 9.80 Å². The smallest absolute Gasteiger partial charge is 0.260 e. The molecule has 0 saturated carbocycles. The average Bonchev–Trinajstić information content (AvgIpc) is 2.31. The van der Waals surface area contributed by atoms with Crippen LogP contribution in [0.25, 0.3) is 0 Å². The van der Waals surface area contributed by atoms with Crippen LogP contribution < -0.4 is 0 Å². The van der Waals surface area contributed by atoms with E-state index in [1.807, 2.05) is 30.1 Å². The first kappa shape index (κ1) is 15.9. The molecular formula is C14H23F2N3. The van der Waals surface area contributed by atoms with Gasteiger partial charge in [-0.15, -0.1) is 0 Å². The Morgan fingerprint density at radius 1 is 1.42 bits per heavy atom. The van der Waals surface area contributed by atoms with Crippen molar-refractivity contribution in [3.05, 3.63) is 11.8 Å². The molecule has 1 fully saturated rings. The minimum absolute atomic E-state index is 0.0215. The Balaban J connectivity index is 2.22. The van der Waals surface area contributed by atoms with E-state index in [1.54, 1.807) is 0 Å². The van der Waals surface area contributed by atoms with Crippen LogP contribution in [0.15, 0.2) is 11.8 Å². The predicted octanol–water partition coefficient (Wildman–Crippen LogP) is 2.86. The summed E-state index contributed by atoms with van der Waals surface area (Å²) in [7, 11) is 3.76. The van der Waals surface area contributed by atoms with Crippen molar-refractivity contribution < 1.29 is 8.78 Å². The van der Waals surface area contributed by atoms with Crippen LogP contribution in [0.4, 0.5) is 8.78 Å². The molecular weight excluding hydrogens is 248 g/mol. The third-order valence-corrected chi connectivity index (χ3v) is 3.20. The maximum absolute atomic E-state index is 13.2. The monoisotopic (exact) mass is 271 g/mol. The highest BCUT2D eigenvalue weighted by Gasteiger charge is 2.34. The van der Waals surface area contributed by atoms with Crippen LogP contribution in [0.1, 0.15) is 32.1 Å². The number of hydrogen-bond acceptors (Lipinski definition) is 3. The van der Waals surface area contributed by atoms with Gasteiger partial charge in [-0.1, -0.05) is 0 Å². The lowest BCUT2D eigenvalue weighted by Crippen LogP contribution is -2.42. The van der Waals surface area contributed by atoms with E-state index >= 15 is 0 Å². The quantitative estimate of drug-likeness (QED) is 0.549. The van der Waals surface area contributed by atoms with Gasteiger partial charge in [0, 0.05) is 32.3 Å². The van der Waals surface area contributed by atoms with Gasteiger partial charge in [0.1, 0.15) is 0 Å². The number of piperidine rings is 1. The second-order valence-electron chi connectivity index (χ2n) is 5.42. The third-order valence-electron chi connectivity index (χ3n) is 3.20. The highest BCUT2D eigenvalue weighted by Crippen LogP contribution is 2.26. The van der Waals surface area contributed by atoms with E-state index in [1.165, 1.54) is 0 Å². The summed E-state index contributed by atoms with van der Waals surface area (Å²) in [5.74, 6) is -2.51. The predicted molar refractivity (Wildman–Crippen MR) is 71.9 cm³/mol. The van der Waals surface area contributed by atoms with Gasteiger partial charge in [-0.3, -0.25) is 4.90 Å². The zero-order valence-electron chi connectivity index (χ0n) is 11.8. The molecule has 0 aromatic carbocycles. The Hall–Kier alpha value is -1.15. The van der Waals surface area contributed by atoms with Gasteiger partial charge in [-0.25, -0.2) is 8.78 Å². The lowest BCUT2D eigenvalue weighted by molar-refractivity contribution is -0.0640. The molecule has 0 radical (unpaired) electrons. The topological polar surface area (TPSA) is 30.3 Å². The molecule has 0 bridgehead atoms. The fourth-order valence-electron chi connectivity index (χ4n) is 2.35. The normalized spacial score (nSPS) is 20.1. The molecule has 108 valence electrons. The van der Waals surface area contributed by atoms with Crippen molar-refractivity contribution >= 4 is 0 Å². The Morgan fingerprint density at radius 3 is 2.74 bits per heavy atom. The number of unbranched alkanes of at least 4 members (excludes halogenated alkanes) is 1. The maximum atomic E-state index is 13.2. The molecule has 0 N–H and O–H groups in total. The molecule has 1 rings (SSSR count). The van der Waals surface area contributed by atoms with Gasteiger partial charge >= 0.3 is 0 Å². The molecule has 0 spiro atoms. The molecule has 0 amide bonds. The second kappa shape index (κ2) is 7.44. The third kappa shape index (κ3) is 6.53. The standard InChI is InChI=1S/C14H23F2N3/c1-18(2)11-13(10-17)6-3-4-8-19-9-5-7-14(15,16)12-19/h11H,3-9,12H2,1-2H3/b13-11-. The van der Waals surface area contributed by atoms with E-state index in [9.17, 15) is 8.78 Å². The highest BCUT2D eigenvalue weighted by molar-refractivity contribution is 5.19. The van der Waals surface area contributed by atoms with Gasteiger partial charge in [0.25, 0.3) is 5.92 Å². The molecule has 0 aromatic rings. The minimum atomic E-state index is -2.51. The Labute approximate surface area is 114 Å². The van der Waals surface area contributed by atoms with Crippen LogP contribution in [0.2, 0.25) is 0 Å². The number of likely N-dealkylation sites (tertiary alicyclic amines) is 1. The summed E-state index contributed by atoms with van der Waals surface area (Å²) in [4.78, 5) is 3.69. The molecule has 0 aromatic heterocycles. The van der Waals surface area contributed by atoms with Gasteiger partial charge in [0.15, 0.2) is 0 Å². The highest BCUT2D eigenvalue weighted by atomic mass is 19.3. The van der Waals surface area contributed by atoms with Crippen molar-refractivity contribution in [2.45, 2.75) is 38.0 Å². The SMILES string of the molecule is CN(C)/C=C(\C#N)CCCCN1CCCC(F)(F)C1. The summed E-state index contributed by atoms with van der Waals surface area (Å²) in [5.41, 5.74) is 0.744. The van der Waals surface area contributed by atoms with Crippen molar-refractivity contribution in [2.75, 3.05) is 33.7 Å². The average molecular weight is 271 g/mol. The first-order valence-electron chi connectivity index (χ1n) is 6.80. The van der Waals surface area contributed by atoms with Crippen LogP contribution in [-0.2, 0) is 0 Å². The van der Waals surface area contributed by atoms with Gasteiger partial charge in [0.05, 0.1) is 12.6 Å². The molecule has 1 aliphatic rings. The lowest BCUT2D eigenvalue weighted by Gasteiger charge is -2.32. The summed E-state index contributed by atoms with van der Waals surface area (Å²) in [6.07, 6.45) is 4.87. The van der Waals surface area contributed by atoms with Gasteiger partial charge in [-0.2, -0.15) is 5.26 Å². The van der Waals surface area contributed by atoms with E-state index in [0.29, 0.717) is 13.0 Å². The van der Waals surface area contributed by atoms with Crippen LogP contribution in [0.3, 0.4) is 0 Å². The summed E-state index contributed by atoms with van der Waals surface area (Å²) in [6, 6.07) is 2.17. The molecule has 0 unspecified atom stereocenters. The number of halogens is 2. The fraction of sp³-hybridized carbons (Fsp3) is 0.786. The Kier molecular flexibility index (Phi) is 6.23. The number of allylic oxidation sites excluding steroid dienone is 1. The van der Waals surface area contributed by atoms with E-state index < -0.39 is 5.92 Å². The van der Waals surface area contributed by atoms with Gasteiger partial charge < -0.3 is 4.90 Å². The first-order chi connectivity index (χ1) is 8.93. The van der Waals surface area contributed by atoms with Crippen molar-refractivity contribution in [2.24, 2.45) is 0 Å². The van der Waals surface area contributed by atoms with Gasteiger partial charge in [0.2, 0.25) is 0 Å². The first-order valence-corrected chi connectivity index (χ1v) is 6.80. The van der Waals surface area contributed by atoms with E-state index in [2.05, 4.69) is 6.07 Å². The zero-order chi connectivity index (χ0) is 14.3. The van der Waals surface area contributed by atoms with E-state index in [4.69, 9.17) is 5.26 Å². The molecule has 1 saturated heterocycles. The maximum Gasteiger partial charge on any atom is 0.260 e. The lowest BCUT2D eigenvalue weighted by atomic mass is 10.1. The van der Waals surface area contributed by atoms with E-state index in [0.717, 1.165) is 31.4 Å². The Bertz CT molecular complexity index is 345. The molecule has 0 aliphatic carbocycles. The number of nitriles is 1. The molecule has 1 heterocycles. The molecule has 0 atom stereocenters. The fourth-order valence-corrected chi connectivity index (χ4v) is 2.35. The number of nitrogens with zero attached hydrogens (tertiary/aromatic N) is 3. The number of alkyl halides is 2. The van der Waals surface area contributed by atoms with Crippen molar-refractivity contribution in [3.8, 4) is 6.07 Å². The molecule has 1 aliphatic heterocycles. The Morgan fingerprint density at radius 2 is 2.16 bits per heavy atom. The largest absolute Gasteiger partial charge is 0.383 e. The van der Waals surface area contributed by atoms with Crippen LogP contribution in [0, 0.1) is 11.3 Å². The van der Waals surface area contributed by atoms with Crippen LogP contribution in [-0.4, -0.2) is 49.5 Å².